The first kappa shape index (κ1) is 51.5. The molecule has 0 spiro atoms. The normalized spacial score (nSPS) is 22.3. The summed E-state index contributed by atoms with van der Waals surface area (Å²) >= 11 is 0. The topological polar surface area (TPSA) is 51.6 Å². The lowest BCUT2D eigenvalue weighted by molar-refractivity contribution is 0.548. The highest BCUT2D eigenvalue weighted by Crippen LogP contribution is 2.62. The van der Waals surface area contributed by atoms with Gasteiger partial charge in [0.05, 0.1) is 33.3 Å². The Morgan fingerprint density at radius 1 is 0.341 bits per heavy atom. The number of para-hydroxylation sites is 2. The maximum Gasteiger partial charge on any atom is 0.160 e. The standard InChI is InChI=1S/C41H30N2.C35H26N2.C2H6/c1-29-17-5-4-16-28-40(31-20-8-3-9-21-31)33-23-11-13-25-35(33)41(29,36-26-14-12-24-34(36)40)38-32-22-10-15-27-37(32)42-39(43-38)30-18-6-2-7-19-30;1-25-14-4-3-13-23-34(26-15-5-2-6-16-26)28-18-8-10-20-30(28)35(25,31-21-11-9-19-29(31)34)33-27-17-7-12-22-32(27)36-24-37-33;1-2/h2-27H,1,28H2;2-22,24H,1,23H2;1-2H3/b16-4-,17-5-;13-3-,14-4-;. The van der Waals surface area contributed by atoms with Gasteiger partial charge < -0.3 is 0 Å². The summed E-state index contributed by atoms with van der Waals surface area (Å²) in [5, 5.41) is 2.07. The van der Waals surface area contributed by atoms with Gasteiger partial charge in [0, 0.05) is 27.2 Å². The number of rotatable bonds is 5. The van der Waals surface area contributed by atoms with Gasteiger partial charge >= 0.3 is 0 Å². The second-order valence-corrected chi connectivity index (χ2v) is 21.3. The van der Waals surface area contributed by atoms with Gasteiger partial charge in [-0.15, -0.1) is 0 Å². The summed E-state index contributed by atoms with van der Waals surface area (Å²) < 4.78 is 0. The molecule has 4 aliphatic carbocycles. The third-order valence-corrected chi connectivity index (χ3v) is 17.5. The van der Waals surface area contributed by atoms with E-state index in [1.54, 1.807) is 6.33 Å². The first-order valence-electron chi connectivity index (χ1n) is 28.6. The molecule has 4 bridgehead atoms. The Morgan fingerprint density at radius 3 is 1.17 bits per heavy atom. The van der Waals surface area contributed by atoms with Crippen molar-refractivity contribution in [2.24, 2.45) is 0 Å². The fourth-order valence-electron chi connectivity index (χ4n) is 14.2. The van der Waals surface area contributed by atoms with Crippen molar-refractivity contribution in [3.05, 3.63) is 383 Å². The van der Waals surface area contributed by atoms with E-state index in [-0.39, 0.29) is 10.8 Å². The van der Waals surface area contributed by atoms with Crippen molar-refractivity contribution in [3.8, 4) is 11.4 Å². The molecule has 0 amide bonds. The Kier molecular flexibility index (Phi) is 13.4. The highest BCUT2D eigenvalue weighted by atomic mass is 14.9. The van der Waals surface area contributed by atoms with E-state index < -0.39 is 10.8 Å². The fraction of sp³-hybridized carbons (Fsp3) is 0.103. The summed E-state index contributed by atoms with van der Waals surface area (Å²) in [6.45, 7) is 13.6. The Bertz CT molecular complexity index is 4250. The van der Waals surface area contributed by atoms with Crippen LogP contribution in [-0.2, 0) is 21.7 Å². The maximum absolute atomic E-state index is 5.51. The summed E-state index contributed by atoms with van der Waals surface area (Å²) in [7, 11) is 0. The lowest BCUT2D eigenvalue weighted by Gasteiger charge is -2.50. The van der Waals surface area contributed by atoms with Gasteiger partial charge in [-0.25, -0.2) is 19.9 Å². The molecular formula is C78H62N4. The molecule has 0 radical (unpaired) electrons. The van der Waals surface area contributed by atoms with E-state index in [4.69, 9.17) is 28.1 Å². The smallest absolute Gasteiger partial charge is 0.160 e. The maximum atomic E-state index is 5.51. The molecule has 4 heteroatoms. The van der Waals surface area contributed by atoms with Gasteiger partial charge in [-0.05, 0) is 91.8 Å². The summed E-state index contributed by atoms with van der Waals surface area (Å²) in [5.74, 6) is 0.715. The minimum atomic E-state index is -0.751. The highest BCUT2D eigenvalue weighted by Gasteiger charge is 2.55. The summed E-state index contributed by atoms with van der Waals surface area (Å²) in [5.41, 5.74) is 17.2. The molecule has 0 fully saturated rings. The van der Waals surface area contributed by atoms with Gasteiger partial charge in [-0.1, -0.05) is 300 Å². The second-order valence-electron chi connectivity index (χ2n) is 21.3. The van der Waals surface area contributed by atoms with Crippen LogP contribution in [0.4, 0.5) is 0 Å². The van der Waals surface area contributed by atoms with Crippen LogP contribution < -0.4 is 0 Å². The average molecular weight is 1060 g/mol. The van der Waals surface area contributed by atoms with Gasteiger partial charge in [0.25, 0.3) is 0 Å². The zero-order chi connectivity index (χ0) is 55.7. The molecule has 9 aromatic carbocycles. The van der Waals surface area contributed by atoms with Crippen LogP contribution in [0.3, 0.4) is 0 Å². The average Bonchev–Trinajstić information content (AvgIpc) is 1.36. The lowest BCUT2D eigenvalue weighted by atomic mass is 9.51. The third-order valence-electron chi connectivity index (χ3n) is 17.5. The predicted molar refractivity (Wildman–Crippen MR) is 338 cm³/mol. The second kappa shape index (κ2) is 21.3. The van der Waals surface area contributed by atoms with Crippen molar-refractivity contribution in [3.63, 3.8) is 0 Å². The molecule has 0 aliphatic heterocycles. The van der Waals surface area contributed by atoms with Gasteiger partial charge in [0.15, 0.2) is 5.82 Å². The zero-order valence-electron chi connectivity index (χ0n) is 46.3. The van der Waals surface area contributed by atoms with Crippen molar-refractivity contribution < 1.29 is 0 Å². The first-order valence-corrected chi connectivity index (χ1v) is 28.6. The number of hydrogen-bond acceptors (Lipinski definition) is 4. The van der Waals surface area contributed by atoms with Crippen LogP contribution in [0.15, 0.2) is 316 Å². The molecule has 394 valence electrons. The van der Waals surface area contributed by atoms with E-state index >= 15 is 0 Å². The summed E-state index contributed by atoms with van der Waals surface area (Å²) in [6.07, 6.45) is 20.9. The number of aromatic nitrogens is 4. The van der Waals surface area contributed by atoms with E-state index in [2.05, 4.69) is 266 Å². The third kappa shape index (κ3) is 7.73. The number of nitrogens with zero attached hydrogens (tertiary/aromatic N) is 4. The minimum Gasteiger partial charge on any atom is -0.239 e. The molecule has 0 unspecified atom stereocenters. The minimum absolute atomic E-state index is 0.345. The van der Waals surface area contributed by atoms with Gasteiger partial charge in [0.1, 0.15) is 6.33 Å². The Morgan fingerprint density at radius 2 is 0.707 bits per heavy atom. The Balaban J connectivity index is 0.000000151. The van der Waals surface area contributed by atoms with Crippen LogP contribution in [0.1, 0.15) is 93.7 Å². The zero-order valence-corrected chi connectivity index (χ0v) is 46.3. The highest BCUT2D eigenvalue weighted by molar-refractivity contribution is 5.89. The SMILES string of the molecule is C=C1/C=C\C=C/CC2(c3ccccc3)c3ccccc3C1(c1nc(-c3ccccc3)nc3ccccc13)c1ccccc12.C=C1/C=C\C=C/CC2(c3ccccc3)c3ccccc3C1(c1ncnc3ccccc13)c1ccccc12.CC. The predicted octanol–water partition coefficient (Wildman–Crippen LogP) is 18.1. The molecule has 0 saturated heterocycles. The first-order chi connectivity index (χ1) is 40.5. The monoisotopic (exact) mass is 1050 g/mol. The van der Waals surface area contributed by atoms with Crippen molar-refractivity contribution in [1.82, 2.24) is 19.9 Å². The number of benzene rings is 9. The molecule has 11 aromatic rings. The van der Waals surface area contributed by atoms with Crippen LogP contribution >= 0.6 is 0 Å². The Hall–Kier alpha value is -9.90. The number of hydrogen-bond donors (Lipinski definition) is 0. The number of allylic oxidation sites excluding steroid dienone is 10. The molecule has 0 N–H and O–H groups in total. The van der Waals surface area contributed by atoms with Crippen molar-refractivity contribution in [2.75, 3.05) is 0 Å². The van der Waals surface area contributed by atoms with Crippen LogP contribution in [-0.4, -0.2) is 19.9 Å². The Labute approximate surface area is 481 Å². The van der Waals surface area contributed by atoms with E-state index in [0.29, 0.717) is 5.82 Å². The summed E-state index contributed by atoms with van der Waals surface area (Å²) in [4.78, 5) is 20.3. The van der Waals surface area contributed by atoms with Crippen LogP contribution in [0, 0.1) is 0 Å². The molecule has 0 atom stereocenters. The van der Waals surface area contributed by atoms with E-state index in [9.17, 15) is 0 Å². The summed E-state index contributed by atoms with van der Waals surface area (Å²) in [6, 6.07) is 84.6. The molecule has 0 saturated carbocycles. The van der Waals surface area contributed by atoms with Gasteiger partial charge in [-0.2, -0.15) is 0 Å². The molecule has 82 heavy (non-hydrogen) atoms. The van der Waals surface area contributed by atoms with Gasteiger partial charge in [-0.3, -0.25) is 0 Å². The van der Waals surface area contributed by atoms with E-state index in [1.807, 2.05) is 38.1 Å². The van der Waals surface area contributed by atoms with Crippen LogP contribution in [0.5, 0.6) is 0 Å². The lowest BCUT2D eigenvalue weighted by Crippen LogP contribution is -2.45. The molecule has 4 nitrogen and oxygen atoms in total. The number of fused-ring (bicyclic) bond motifs is 8. The fourth-order valence-corrected chi connectivity index (χ4v) is 14.2. The van der Waals surface area contributed by atoms with Crippen LogP contribution in [0.2, 0.25) is 0 Å². The van der Waals surface area contributed by atoms with E-state index in [1.165, 1.54) is 55.6 Å². The van der Waals surface area contributed by atoms with Gasteiger partial charge in [0.2, 0.25) is 0 Å². The largest absolute Gasteiger partial charge is 0.239 e. The molecule has 15 rings (SSSR count). The molecule has 4 aliphatic rings. The van der Waals surface area contributed by atoms with Crippen molar-refractivity contribution >= 4 is 21.8 Å². The van der Waals surface area contributed by atoms with Crippen molar-refractivity contribution in [1.29, 1.82) is 0 Å². The van der Waals surface area contributed by atoms with Crippen LogP contribution in [0.25, 0.3) is 33.2 Å². The molecule has 2 heterocycles. The quantitative estimate of drug-likeness (QED) is 0.172. The van der Waals surface area contributed by atoms with Crippen molar-refractivity contribution in [2.45, 2.75) is 48.3 Å². The molecule has 2 aromatic heterocycles. The molecular weight excluding hydrogens is 993 g/mol. The van der Waals surface area contributed by atoms with E-state index in [0.717, 1.165) is 62.7 Å².